The quantitative estimate of drug-likeness (QED) is 0.0604. The van der Waals surface area contributed by atoms with Gasteiger partial charge in [-0.2, -0.15) is 0 Å². The third-order valence-electron chi connectivity index (χ3n) is 6.57. The first kappa shape index (κ1) is 34.3. The molecule has 0 aliphatic heterocycles. The van der Waals surface area contributed by atoms with Crippen LogP contribution in [0.2, 0.25) is 0 Å². The Bertz CT molecular complexity index is 971. The number of hydrogen-bond acceptors (Lipinski definition) is 7. The molecule has 0 aliphatic rings. The average molecular weight is 563 g/mol. The molecule has 5 unspecified atom stereocenters. The molecule has 224 valence electrons. The van der Waals surface area contributed by atoms with Crippen molar-refractivity contribution in [3.63, 3.8) is 0 Å². The molecule has 1 aromatic carbocycles. The molecular formula is C27H46N8O5. The van der Waals surface area contributed by atoms with Crippen molar-refractivity contribution in [3.8, 4) is 0 Å². The monoisotopic (exact) mass is 562 g/mol. The van der Waals surface area contributed by atoms with Gasteiger partial charge in [0.25, 0.3) is 0 Å². The third-order valence-corrected chi connectivity index (χ3v) is 6.57. The van der Waals surface area contributed by atoms with Crippen LogP contribution in [0, 0.1) is 5.92 Å². The summed E-state index contributed by atoms with van der Waals surface area (Å²) in [5.41, 5.74) is 23.2. The summed E-state index contributed by atoms with van der Waals surface area (Å²) >= 11 is 0. The fourth-order valence-electron chi connectivity index (χ4n) is 3.98. The van der Waals surface area contributed by atoms with Crippen LogP contribution in [0.3, 0.4) is 0 Å². The lowest BCUT2D eigenvalue weighted by molar-refractivity contribution is -0.143. The molecule has 13 nitrogen and oxygen atoms in total. The van der Waals surface area contributed by atoms with Crippen molar-refractivity contribution in [1.82, 2.24) is 16.0 Å². The molecule has 1 rings (SSSR count). The van der Waals surface area contributed by atoms with E-state index in [9.17, 15) is 24.3 Å². The van der Waals surface area contributed by atoms with Gasteiger partial charge in [-0.15, -0.1) is 0 Å². The molecule has 0 bridgehead atoms. The van der Waals surface area contributed by atoms with E-state index in [4.69, 9.17) is 22.9 Å². The summed E-state index contributed by atoms with van der Waals surface area (Å²) in [4.78, 5) is 55.1. The van der Waals surface area contributed by atoms with Crippen molar-refractivity contribution in [2.75, 3.05) is 13.1 Å². The molecule has 0 saturated heterocycles. The molecule has 1 aromatic rings. The number of aliphatic imine (C=N–C) groups is 1. The molecule has 0 fully saturated rings. The van der Waals surface area contributed by atoms with Crippen LogP contribution in [0.25, 0.3) is 0 Å². The average Bonchev–Trinajstić information content (AvgIpc) is 2.92. The second-order valence-electron chi connectivity index (χ2n) is 9.86. The Balaban J connectivity index is 3.03. The number of carbonyl (C=O) groups excluding carboxylic acids is 3. The van der Waals surface area contributed by atoms with Gasteiger partial charge < -0.3 is 44.0 Å². The zero-order chi connectivity index (χ0) is 30.1. The van der Waals surface area contributed by atoms with Crippen molar-refractivity contribution in [1.29, 1.82) is 0 Å². The third kappa shape index (κ3) is 12.9. The van der Waals surface area contributed by atoms with Crippen molar-refractivity contribution >= 4 is 29.7 Å². The molecule has 3 amide bonds. The van der Waals surface area contributed by atoms with Crippen LogP contribution >= 0.6 is 0 Å². The van der Waals surface area contributed by atoms with Crippen LogP contribution in [0.4, 0.5) is 0 Å². The van der Waals surface area contributed by atoms with E-state index in [-0.39, 0.29) is 37.7 Å². The fourth-order valence-corrected chi connectivity index (χ4v) is 3.98. The van der Waals surface area contributed by atoms with Gasteiger partial charge in [0.1, 0.15) is 18.1 Å². The van der Waals surface area contributed by atoms with Crippen LogP contribution in [0.1, 0.15) is 57.9 Å². The maximum atomic E-state index is 13.4. The molecule has 12 N–H and O–H groups in total. The maximum Gasteiger partial charge on any atom is 0.326 e. The minimum absolute atomic E-state index is 0.0946. The first-order chi connectivity index (χ1) is 19.0. The molecule has 0 radical (unpaired) electrons. The summed E-state index contributed by atoms with van der Waals surface area (Å²) < 4.78 is 0. The SMILES string of the molecule is CCC(C)C(NC(=O)C(CCCN=C(N)N)NC(=O)C(N)Cc1ccccc1)C(=O)NC(CCCCN)C(=O)O. The van der Waals surface area contributed by atoms with E-state index in [1.165, 1.54) is 0 Å². The number of unbranched alkanes of at least 4 members (excludes halogenated alkanes) is 1. The molecule has 0 heterocycles. The number of carboxylic acid groups (broad SMARTS) is 1. The highest BCUT2D eigenvalue weighted by Gasteiger charge is 2.32. The Morgan fingerprint density at radius 3 is 2.10 bits per heavy atom. The topological polar surface area (TPSA) is 241 Å². The van der Waals surface area contributed by atoms with Gasteiger partial charge in [-0.3, -0.25) is 19.4 Å². The standard InChI is InChI=1S/C27H46N8O5/c1-3-17(2)22(25(38)34-21(26(39)40)12-7-8-14-28)35-24(37)20(13-9-15-32-27(30)31)33-23(36)19(29)16-18-10-5-4-6-11-18/h4-6,10-11,17,19-22H,3,7-9,12-16,28-29H2,1-2H3,(H,33,36)(H,34,38)(H,35,37)(H,39,40)(H4,30,31,32). The molecule has 13 heteroatoms. The Morgan fingerprint density at radius 1 is 0.900 bits per heavy atom. The van der Waals surface area contributed by atoms with Crippen LogP contribution in [-0.2, 0) is 25.6 Å². The summed E-state index contributed by atoms with van der Waals surface area (Å²) in [5.74, 6) is -3.32. The van der Waals surface area contributed by atoms with E-state index < -0.39 is 47.9 Å². The molecular weight excluding hydrogens is 516 g/mol. The number of hydrogen-bond donors (Lipinski definition) is 8. The molecule has 0 saturated carbocycles. The Morgan fingerprint density at radius 2 is 1.52 bits per heavy atom. The van der Waals surface area contributed by atoms with Gasteiger partial charge in [-0.05, 0) is 56.6 Å². The van der Waals surface area contributed by atoms with Crippen molar-refractivity contribution < 1.29 is 24.3 Å². The number of carbonyl (C=O) groups is 4. The lowest BCUT2D eigenvalue weighted by Gasteiger charge is -2.28. The second kappa shape index (κ2) is 18.6. The number of aliphatic carboxylic acids is 1. The van der Waals surface area contributed by atoms with Gasteiger partial charge in [0.05, 0.1) is 6.04 Å². The second-order valence-corrected chi connectivity index (χ2v) is 9.86. The normalized spacial score (nSPS) is 14.6. The first-order valence-electron chi connectivity index (χ1n) is 13.7. The van der Waals surface area contributed by atoms with E-state index in [2.05, 4.69) is 20.9 Å². The van der Waals surface area contributed by atoms with E-state index in [0.29, 0.717) is 32.2 Å². The van der Waals surface area contributed by atoms with Gasteiger partial charge in [0, 0.05) is 6.54 Å². The first-order valence-corrected chi connectivity index (χ1v) is 13.7. The zero-order valence-electron chi connectivity index (χ0n) is 23.5. The maximum absolute atomic E-state index is 13.4. The minimum Gasteiger partial charge on any atom is -0.480 e. The number of amides is 3. The van der Waals surface area contributed by atoms with Crippen LogP contribution in [0.5, 0.6) is 0 Å². The number of rotatable bonds is 19. The van der Waals surface area contributed by atoms with E-state index in [1.807, 2.05) is 37.3 Å². The highest BCUT2D eigenvalue weighted by Crippen LogP contribution is 2.11. The van der Waals surface area contributed by atoms with Gasteiger partial charge in [-0.1, -0.05) is 50.6 Å². The summed E-state index contributed by atoms with van der Waals surface area (Å²) in [5, 5.41) is 17.5. The summed E-state index contributed by atoms with van der Waals surface area (Å²) in [6, 6.07) is 5.16. The Kier molecular flexibility index (Phi) is 15.9. The van der Waals surface area contributed by atoms with E-state index in [1.54, 1.807) is 6.92 Å². The van der Waals surface area contributed by atoms with Crippen LogP contribution < -0.4 is 38.9 Å². The molecule has 40 heavy (non-hydrogen) atoms. The lowest BCUT2D eigenvalue weighted by Crippen LogP contribution is -2.58. The summed E-state index contributed by atoms with van der Waals surface area (Å²) in [6.07, 6.45) is 2.72. The fraction of sp³-hybridized carbons (Fsp3) is 0.593. The largest absolute Gasteiger partial charge is 0.480 e. The van der Waals surface area contributed by atoms with Crippen molar-refractivity contribution in [2.24, 2.45) is 33.8 Å². The van der Waals surface area contributed by atoms with Gasteiger partial charge in [0.15, 0.2) is 5.96 Å². The number of benzene rings is 1. The number of guanidine groups is 1. The minimum atomic E-state index is -1.17. The zero-order valence-corrected chi connectivity index (χ0v) is 23.5. The smallest absolute Gasteiger partial charge is 0.326 e. The van der Waals surface area contributed by atoms with Gasteiger partial charge >= 0.3 is 5.97 Å². The van der Waals surface area contributed by atoms with Gasteiger partial charge in [-0.25, -0.2) is 4.79 Å². The molecule has 0 aliphatic carbocycles. The Labute approximate surface area is 235 Å². The molecule has 5 atom stereocenters. The van der Waals surface area contributed by atoms with Gasteiger partial charge in [0.2, 0.25) is 17.7 Å². The summed E-state index contributed by atoms with van der Waals surface area (Å²) in [6.45, 7) is 4.27. The van der Waals surface area contributed by atoms with Crippen LogP contribution in [0.15, 0.2) is 35.3 Å². The van der Waals surface area contributed by atoms with Crippen molar-refractivity contribution in [2.45, 2.75) is 83.0 Å². The Hall–Kier alpha value is -3.71. The number of nitrogens with zero attached hydrogens (tertiary/aromatic N) is 1. The lowest BCUT2D eigenvalue weighted by atomic mass is 9.96. The summed E-state index contributed by atoms with van der Waals surface area (Å²) in [7, 11) is 0. The van der Waals surface area contributed by atoms with Crippen LogP contribution in [-0.4, -0.2) is 72.0 Å². The predicted molar refractivity (Wildman–Crippen MR) is 154 cm³/mol. The highest BCUT2D eigenvalue weighted by molar-refractivity contribution is 5.94. The highest BCUT2D eigenvalue weighted by atomic mass is 16.4. The van der Waals surface area contributed by atoms with E-state index >= 15 is 0 Å². The number of carboxylic acids is 1. The molecule has 0 aromatic heterocycles. The number of nitrogens with two attached hydrogens (primary N) is 4. The van der Waals surface area contributed by atoms with Crippen molar-refractivity contribution in [3.05, 3.63) is 35.9 Å². The molecule has 0 spiro atoms. The predicted octanol–water partition coefficient (Wildman–Crippen LogP) is -0.676. The number of nitrogens with one attached hydrogen (secondary N) is 3. The van der Waals surface area contributed by atoms with E-state index in [0.717, 1.165) is 5.56 Å².